The van der Waals surface area contributed by atoms with E-state index in [2.05, 4.69) is 10.3 Å². The second kappa shape index (κ2) is 5.71. The number of rotatable bonds is 5. The zero-order chi connectivity index (χ0) is 13.8. The highest BCUT2D eigenvalue weighted by Crippen LogP contribution is 2.12. The predicted molar refractivity (Wildman–Crippen MR) is 71.8 cm³/mol. The standard InChI is InChI=1S/C13H17N3O3/c1-8(14)6-12(17)15-5-4-9-2-3-11-10(7-9)16-13(18)19-11/h2-3,7-8H,4-6,14H2,1H3,(H,15,17)(H,16,18). The topological polar surface area (TPSA) is 101 Å². The van der Waals surface area contributed by atoms with Crippen LogP contribution in [-0.2, 0) is 11.2 Å². The Morgan fingerprint density at radius 1 is 1.53 bits per heavy atom. The summed E-state index contributed by atoms with van der Waals surface area (Å²) in [4.78, 5) is 25.0. The van der Waals surface area contributed by atoms with Crippen molar-refractivity contribution in [3.05, 3.63) is 34.3 Å². The third-order valence-corrected chi connectivity index (χ3v) is 2.73. The molecule has 0 aliphatic heterocycles. The number of H-pyrrole nitrogens is 1. The fraction of sp³-hybridized carbons (Fsp3) is 0.385. The van der Waals surface area contributed by atoms with Crippen LogP contribution in [0, 0.1) is 0 Å². The Bertz CT molecular complexity index is 627. The van der Waals surface area contributed by atoms with E-state index >= 15 is 0 Å². The first-order valence-corrected chi connectivity index (χ1v) is 6.18. The number of amides is 1. The molecule has 2 rings (SSSR count). The quantitative estimate of drug-likeness (QED) is 0.731. The summed E-state index contributed by atoms with van der Waals surface area (Å²) in [6, 6.07) is 5.33. The van der Waals surface area contributed by atoms with Gasteiger partial charge in [0.05, 0.1) is 5.52 Å². The SMILES string of the molecule is CC(N)CC(=O)NCCc1ccc2oc(=O)[nH]c2c1. The lowest BCUT2D eigenvalue weighted by Gasteiger charge is -2.07. The van der Waals surface area contributed by atoms with Crippen LogP contribution in [0.15, 0.2) is 27.4 Å². The number of carbonyl (C=O) groups excluding carboxylic acids is 1. The van der Waals surface area contributed by atoms with Crippen molar-refractivity contribution < 1.29 is 9.21 Å². The monoisotopic (exact) mass is 263 g/mol. The lowest BCUT2D eigenvalue weighted by atomic mass is 10.1. The molecule has 0 fully saturated rings. The van der Waals surface area contributed by atoms with Gasteiger partial charge in [-0.3, -0.25) is 9.78 Å². The van der Waals surface area contributed by atoms with Gasteiger partial charge >= 0.3 is 5.76 Å². The summed E-state index contributed by atoms with van der Waals surface area (Å²) < 4.78 is 4.91. The van der Waals surface area contributed by atoms with Gasteiger partial charge in [-0.1, -0.05) is 6.07 Å². The van der Waals surface area contributed by atoms with Crippen molar-refractivity contribution in [3.8, 4) is 0 Å². The van der Waals surface area contributed by atoms with Crippen LogP contribution in [-0.4, -0.2) is 23.5 Å². The zero-order valence-electron chi connectivity index (χ0n) is 10.7. The van der Waals surface area contributed by atoms with Crippen molar-refractivity contribution in [2.75, 3.05) is 6.54 Å². The van der Waals surface area contributed by atoms with E-state index in [1.807, 2.05) is 12.1 Å². The van der Waals surface area contributed by atoms with Crippen LogP contribution in [0.5, 0.6) is 0 Å². The van der Waals surface area contributed by atoms with Gasteiger partial charge in [-0.25, -0.2) is 4.79 Å². The van der Waals surface area contributed by atoms with E-state index in [-0.39, 0.29) is 11.9 Å². The molecule has 4 N–H and O–H groups in total. The van der Waals surface area contributed by atoms with Crippen LogP contribution in [0.1, 0.15) is 18.9 Å². The second-order valence-corrected chi connectivity index (χ2v) is 4.63. The lowest BCUT2D eigenvalue weighted by Crippen LogP contribution is -2.31. The first-order chi connectivity index (χ1) is 9.04. The summed E-state index contributed by atoms with van der Waals surface area (Å²) in [5.74, 6) is -0.509. The van der Waals surface area contributed by atoms with Crippen molar-refractivity contribution in [1.29, 1.82) is 0 Å². The summed E-state index contributed by atoms with van der Waals surface area (Å²) in [6.45, 7) is 2.34. The Hall–Kier alpha value is -2.08. The molecule has 0 bridgehead atoms. The molecule has 0 aliphatic carbocycles. The molecule has 0 aliphatic rings. The minimum absolute atomic E-state index is 0.0483. The van der Waals surface area contributed by atoms with Gasteiger partial charge in [-0.05, 0) is 31.0 Å². The Kier molecular flexibility index (Phi) is 4.01. The van der Waals surface area contributed by atoms with E-state index in [4.69, 9.17) is 10.2 Å². The Morgan fingerprint density at radius 2 is 2.32 bits per heavy atom. The number of hydrogen-bond donors (Lipinski definition) is 3. The van der Waals surface area contributed by atoms with Gasteiger partial charge in [-0.15, -0.1) is 0 Å². The number of nitrogens with two attached hydrogens (primary N) is 1. The number of nitrogens with one attached hydrogen (secondary N) is 2. The van der Waals surface area contributed by atoms with Gasteiger partial charge in [-0.2, -0.15) is 0 Å². The second-order valence-electron chi connectivity index (χ2n) is 4.63. The summed E-state index contributed by atoms with van der Waals surface area (Å²) in [6.07, 6.45) is 1.02. The maximum Gasteiger partial charge on any atom is 0.417 e. The number of aromatic nitrogens is 1. The largest absolute Gasteiger partial charge is 0.417 e. The minimum Gasteiger partial charge on any atom is -0.408 e. The van der Waals surface area contributed by atoms with Gasteiger partial charge in [0.25, 0.3) is 0 Å². The molecule has 1 atom stereocenters. The zero-order valence-corrected chi connectivity index (χ0v) is 10.7. The van der Waals surface area contributed by atoms with Crippen LogP contribution < -0.4 is 16.8 Å². The minimum atomic E-state index is -0.461. The van der Waals surface area contributed by atoms with E-state index in [0.717, 1.165) is 5.56 Å². The molecule has 102 valence electrons. The van der Waals surface area contributed by atoms with Crippen LogP contribution in [0.25, 0.3) is 11.1 Å². The average molecular weight is 263 g/mol. The highest BCUT2D eigenvalue weighted by molar-refractivity contribution is 5.76. The van der Waals surface area contributed by atoms with Crippen molar-refractivity contribution in [1.82, 2.24) is 10.3 Å². The van der Waals surface area contributed by atoms with Crippen molar-refractivity contribution in [2.45, 2.75) is 25.8 Å². The summed E-state index contributed by atoms with van der Waals surface area (Å²) >= 11 is 0. The molecule has 1 unspecified atom stereocenters. The first-order valence-electron chi connectivity index (χ1n) is 6.18. The van der Waals surface area contributed by atoms with E-state index in [1.54, 1.807) is 13.0 Å². The van der Waals surface area contributed by atoms with Crippen LogP contribution in [0.4, 0.5) is 0 Å². The van der Waals surface area contributed by atoms with E-state index < -0.39 is 5.76 Å². The van der Waals surface area contributed by atoms with E-state index in [1.165, 1.54) is 0 Å². The number of oxazole rings is 1. The molecule has 1 heterocycles. The van der Waals surface area contributed by atoms with Crippen LogP contribution >= 0.6 is 0 Å². The normalized spacial score (nSPS) is 12.5. The van der Waals surface area contributed by atoms with Crippen molar-refractivity contribution >= 4 is 17.0 Å². The molecule has 2 aromatic rings. The van der Waals surface area contributed by atoms with Crippen molar-refractivity contribution in [3.63, 3.8) is 0 Å². The fourth-order valence-electron chi connectivity index (χ4n) is 1.87. The molecular formula is C13H17N3O3. The lowest BCUT2D eigenvalue weighted by molar-refractivity contribution is -0.121. The predicted octanol–water partition coefficient (Wildman–Crippen LogP) is 0.517. The van der Waals surface area contributed by atoms with E-state index in [0.29, 0.717) is 30.5 Å². The fourth-order valence-corrected chi connectivity index (χ4v) is 1.87. The number of carbonyl (C=O) groups is 1. The molecule has 1 amide bonds. The van der Waals surface area contributed by atoms with Gasteiger partial charge in [0, 0.05) is 19.0 Å². The Labute approximate surface area is 110 Å². The molecule has 0 spiro atoms. The van der Waals surface area contributed by atoms with Gasteiger partial charge in [0.2, 0.25) is 5.91 Å². The maximum atomic E-state index is 11.4. The Morgan fingerprint density at radius 3 is 3.05 bits per heavy atom. The summed E-state index contributed by atoms with van der Waals surface area (Å²) in [7, 11) is 0. The average Bonchev–Trinajstić information content (AvgIpc) is 2.67. The summed E-state index contributed by atoms with van der Waals surface area (Å²) in [5, 5.41) is 2.80. The van der Waals surface area contributed by atoms with Crippen LogP contribution in [0.2, 0.25) is 0 Å². The van der Waals surface area contributed by atoms with E-state index in [9.17, 15) is 9.59 Å². The van der Waals surface area contributed by atoms with Gasteiger partial charge < -0.3 is 15.5 Å². The number of hydrogen-bond acceptors (Lipinski definition) is 4. The smallest absolute Gasteiger partial charge is 0.408 e. The third-order valence-electron chi connectivity index (χ3n) is 2.73. The summed E-state index contributed by atoms with van der Waals surface area (Å²) in [5.41, 5.74) is 7.76. The molecule has 6 heteroatoms. The van der Waals surface area contributed by atoms with Gasteiger partial charge in [0.1, 0.15) is 0 Å². The molecule has 0 saturated heterocycles. The number of fused-ring (bicyclic) bond motifs is 1. The highest BCUT2D eigenvalue weighted by Gasteiger charge is 2.05. The molecule has 6 nitrogen and oxygen atoms in total. The maximum absolute atomic E-state index is 11.4. The third kappa shape index (κ3) is 3.69. The van der Waals surface area contributed by atoms with Crippen molar-refractivity contribution in [2.24, 2.45) is 5.73 Å². The number of aromatic amines is 1. The molecule has 19 heavy (non-hydrogen) atoms. The molecular weight excluding hydrogens is 246 g/mol. The molecule has 0 saturated carbocycles. The molecule has 0 radical (unpaired) electrons. The van der Waals surface area contributed by atoms with Crippen LogP contribution in [0.3, 0.4) is 0 Å². The highest BCUT2D eigenvalue weighted by atomic mass is 16.4. The molecule has 1 aromatic heterocycles. The van der Waals surface area contributed by atoms with Gasteiger partial charge in [0.15, 0.2) is 5.58 Å². The number of benzene rings is 1. The first kappa shape index (κ1) is 13.4. The Balaban J connectivity index is 1.91. The molecule has 1 aromatic carbocycles.